The fourth-order valence-corrected chi connectivity index (χ4v) is 1.46. The Morgan fingerprint density at radius 1 is 1.56 bits per heavy atom. The fraction of sp³-hybridized carbons (Fsp3) is 1.00. The molecule has 2 heteroatoms. The minimum Gasteiger partial charge on any atom is -0.327 e. The molecule has 0 radical (unpaired) electrons. The van der Waals surface area contributed by atoms with Gasteiger partial charge in [0.25, 0.3) is 0 Å². The minimum atomic E-state index is -0.220. The predicted octanol–water partition coefficient (Wildman–Crippen LogP) is 1.33. The van der Waals surface area contributed by atoms with Gasteiger partial charge in [0.05, 0.1) is 6.67 Å². The molecule has 54 valence electrons. The molecule has 0 amide bonds. The molecule has 2 unspecified atom stereocenters. The fourth-order valence-electron chi connectivity index (χ4n) is 1.46. The zero-order valence-corrected chi connectivity index (χ0v) is 6.02. The van der Waals surface area contributed by atoms with E-state index in [1.165, 1.54) is 0 Å². The van der Waals surface area contributed by atoms with Gasteiger partial charge in [-0.05, 0) is 17.8 Å². The first-order valence-electron chi connectivity index (χ1n) is 3.42. The van der Waals surface area contributed by atoms with E-state index >= 15 is 0 Å². The van der Waals surface area contributed by atoms with E-state index < -0.39 is 0 Å². The third-order valence-corrected chi connectivity index (χ3v) is 2.56. The Kier molecular flexibility index (Phi) is 1.51. The van der Waals surface area contributed by atoms with E-state index in [2.05, 4.69) is 13.8 Å². The van der Waals surface area contributed by atoms with Gasteiger partial charge in [0.1, 0.15) is 0 Å². The Balaban J connectivity index is 2.33. The molecule has 0 heterocycles. The number of nitrogens with two attached hydrogens (primary N) is 1. The van der Waals surface area contributed by atoms with Crippen molar-refractivity contribution in [1.82, 2.24) is 0 Å². The molecule has 2 N–H and O–H groups in total. The number of halogens is 1. The van der Waals surface area contributed by atoms with E-state index in [0.29, 0.717) is 12.3 Å². The summed E-state index contributed by atoms with van der Waals surface area (Å²) in [4.78, 5) is 0. The summed E-state index contributed by atoms with van der Waals surface area (Å²) in [5.74, 6) is 0.433. The van der Waals surface area contributed by atoms with Crippen LogP contribution in [0.2, 0.25) is 0 Å². The molecule has 0 spiro atoms. The molecule has 1 nitrogen and oxygen atoms in total. The van der Waals surface area contributed by atoms with Crippen LogP contribution in [0.5, 0.6) is 0 Å². The summed E-state index contributed by atoms with van der Waals surface area (Å²) in [7, 11) is 0. The lowest BCUT2D eigenvalue weighted by Gasteiger charge is -1.96. The Labute approximate surface area is 55.4 Å². The molecule has 0 saturated heterocycles. The van der Waals surface area contributed by atoms with Gasteiger partial charge >= 0.3 is 0 Å². The first-order valence-corrected chi connectivity index (χ1v) is 3.42. The van der Waals surface area contributed by atoms with Crippen LogP contribution < -0.4 is 5.73 Å². The smallest absolute Gasteiger partial charge is 0.0897 e. The maximum Gasteiger partial charge on any atom is 0.0897 e. The molecule has 0 aromatic rings. The minimum absolute atomic E-state index is 0.214. The van der Waals surface area contributed by atoms with Gasteiger partial charge in [0, 0.05) is 6.04 Å². The van der Waals surface area contributed by atoms with Crippen LogP contribution in [-0.2, 0) is 0 Å². The summed E-state index contributed by atoms with van der Waals surface area (Å²) in [5.41, 5.74) is 5.88. The second-order valence-electron chi connectivity index (χ2n) is 3.43. The maximum atomic E-state index is 11.7. The molecule has 0 bridgehead atoms. The Hall–Kier alpha value is -0.110. The topological polar surface area (TPSA) is 26.0 Å². The van der Waals surface area contributed by atoms with E-state index in [-0.39, 0.29) is 18.1 Å². The molecule has 0 aliphatic heterocycles. The van der Waals surface area contributed by atoms with Crippen LogP contribution in [0.4, 0.5) is 4.39 Å². The van der Waals surface area contributed by atoms with Crippen LogP contribution >= 0.6 is 0 Å². The van der Waals surface area contributed by atoms with Gasteiger partial charge in [-0.15, -0.1) is 0 Å². The molecular formula is C7H14FN. The summed E-state index contributed by atoms with van der Waals surface area (Å²) in [6.07, 6.45) is 0.647. The SMILES string of the molecule is CC1(C)C(N)C1CCF. The first-order chi connectivity index (χ1) is 4.10. The largest absolute Gasteiger partial charge is 0.327 e. The average molecular weight is 131 g/mol. The van der Waals surface area contributed by atoms with Crippen LogP contribution in [0, 0.1) is 11.3 Å². The second kappa shape index (κ2) is 1.94. The van der Waals surface area contributed by atoms with E-state index in [1.807, 2.05) is 0 Å². The zero-order valence-electron chi connectivity index (χ0n) is 6.02. The van der Waals surface area contributed by atoms with Gasteiger partial charge in [0.2, 0.25) is 0 Å². The van der Waals surface area contributed by atoms with Gasteiger partial charge in [0.15, 0.2) is 0 Å². The van der Waals surface area contributed by atoms with E-state index in [0.717, 1.165) is 0 Å². The van der Waals surface area contributed by atoms with Crippen LogP contribution in [0.25, 0.3) is 0 Å². The lowest BCUT2D eigenvalue weighted by molar-refractivity contribution is 0.421. The van der Waals surface area contributed by atoms with E-state index in [4.69, 9.17) is 5.73 Å². The molecule has 0 aromatic carbocycles. The van der Waals surface area contributed by atoms with E-state index in [9.17, 15) is 4.39 Å². The van der Waals surface area contributed by atoms with Crippen molar-refractivity contribution in [3.63, 3.8) is 0 Å². The Bertz CT molecular complexity index is 111. The average Bonchev–Trinajstić information content (AvgIpc) is 2.19. The number of hydrogen-bond acceptors (Lipinski definition) is 1. The summed E-state index contributed by atoms with van der Waals surface area (Å²) in [5, 5.41) is 0. The van der Waals surface area contributed by atoms with Gasteiger partial charge in [-0.1, -0.05) is 13.8 Å². The second-order valence-corrected chi connectivity index (χ2v) is 3.43. The van der Waals surface area contributed by atoms with Crippen molar-refractivity contribution < 1.29 is 4.39 Å². The zero-order chi connectivity index (χ0) is 7.07. The van der Waals surface area contributed by atoms with Crippen LogP contribution in [-0.4, -0.2) is 12.7 Å². The van der Waals surface area contributed by atoms with Crippen molar-refractivity contribution in [1.29, 1.82) is 0 Å². The maximum absolute atomic E-state index is 11.7. The highest BCUT2D eigenvalue weighted by atomic mass is 19.1. The highest BCUT2D eigenvalue weighted by molar-refractivity contribution is 5.08. The molecular weight excluding hydrogens is 117 g/mol. The molecule has 0 aromatic heterocycles. The summed E-state index contributed by atoms with van der Waals surface area (Å²) in [6.45, 7) is 3.97. The van der Waals surface area contributed by atoms with Crippen molar-refractivity contribution in [2.45, 2.75) is 26.3 Å². The Morgan fingerprint density at radius 3 is 2.11 bits per heavy atom. The van der Waals surface area contributed by atoms with Gasteiger partial charge in [-0.25, -0.2) is 0 Å². The molecule has 1 aliphatic carbocycles. The summed E-state index contributed by atoms with van der Waals surface area (Å²) < 4.78 is 11.7. The lowest BCUT2D eigenvalue weighted by atomic mass is 10.1. The van der Waals surface area contributed by atoms with Crippen molar-refractivity contribution in [3.8, 4) is 0 Å². The van der Waals surface area contributed by atoms with Gasteiger partial charge in [-0.3, -0.25) is 4.39 Å². The molecule has 9 heavy (non-hydrogen) atoms. The van der Waals surface area contributed by atoms with Crippen LogP contribution in [0.3, 0.4) is 0 Å². The predicted molar refractivity (Wildman–Crippen MR) is 35.8 cm³/mol. The van der Waals surface area contributed by atoms with Crippen LogP contribution in [0.15, 0.2) is 0 Å². The molecule has 1 fully saturated rings. The van der Waals surface area contributed by atoms with Gasteiger partial charge in [-0.2, -0.15) is 0 Å². The molecule has 1 saturated carbocycles. The number of rotatable bonds is 2. The van der Waals surface area contributed by atoms with Crippen LogP contribution in [0.1, 0.15) is 20.3 Å². The summed E-state index contributed by atoms with van der Waals surface area (Å²) >= 11 is 0. The third kappa shape index (κ3) is 0.960. The molecule has 1 aliphatic rings. The first kappa shape index (κ1) is 7.00. The highest BCUT2D eigenvalue weighted by Crippen LogP contribution is 2.52. The third-order valence-electron chi connectivity index (χ3n) is 2.56. The molecule has 1 rings (SSSR count). The Morgan fingerprint density at radius 2 is 2.00 bits per heavy atom. The number of alkyl halides is 1. The quantitative estimate of drug-likeness (QED) is 0.601. The lowest BCUT2D eigenvalue weighted by Crippen LogP contribution is -2.06. The highest BCUT2D eigenvalue weighted by Gasteiger charge is 2.54. The summed E-state index contributed by atoms with van der Waals surface area (Å²) in [6, 6.07) is 0.244. The standard InChI is InChI=1S/C7H14FN/c1-7(2)5(3-4-8)6(7)9/h5-6H,3-4,9H2,1-2H3. The monoisotopic (exact) mass is 131 g/mol. The van der Waals surface area contributed by atoms with Crippen molar-refractivity contribution in [3.05, 3.63) is 0 Å². The molecule has 2 atom stereocenters. The number of hydrogen-bond donors (Lipinski definition) is 1. The normalized spacial score (nSPS) is 38.7. The van der Waals surface area contributed by atoms with Crippen molar-refractivity contribution in [2.24, 2.45) is 17.1 Å². The van der Waals surface area contributed by atoms with Gasteiger partial charge < -0.3 is 5.73 Å². The van der Waals surface area contributed by atoms with Crippen molar-refractivity contribution >= 4 is 0 Å². The van der Waals surface area contributed by atoms with E-state index in [1.54, 1.807) is 0 Å². The van der Waals surface area contributed by atoms with Crippen molar-refractivity contribution in [2.75, 3.05) is 6.67 Å².